The van der Waals surface area contributed by atoms with E-state index in [2.05, 4.69) is 46.3 Å². The van der Waals surface area contributed by atoms with Crippen LogP contribution >= 0.6 is 38.9 Å². The maximum Gasteiger partial charge on any atom is 0.271 e. The van der Waals surface area contributed by atoms with Gasteiger partial charge >= 0.3 is 0 Å². The Morgan fingerprint density at radius 2 is 1.85 bits per heavy atom. The summed E-state index contributed by atoms with van der Waals surface area (Å²) in [5.41, 5.74) is 5.77. The summed E-state index contributed by atoms with van der Waals surface area (Å²) < 4.78 is 9.27. The van der Waals surface area contributed by atoms with E-state index < -0.39 is 4.92 Å². The molecular weight excluding hydrogens is 626 g/mol. The van der Waals surface area contributed by atoms with E-state index in [1.54, 1.807) is 28.8 Å². The first-order valence-corrected chi connectivity index (χ1v) is 14.8. The third-order valence-corrected chi connectivity index (χ3v) is 9.21. The summed E-state index contributed by atoms with van der Waals surface area (Å²) in [6, 6.07) is 23.9. The lowest BCUT2D eigenvalue weighted by Crippen LogP contribution is -2.38. The van der Waals surface area contributed by atoms with Crippen molar-refractivity contribution in [3.05, 3.63) is 146 Å². The number of allylic oxidation sites excluding steroid dienone is 1. The average molecular weight is 645 g/mol. The Labute approximate surface area is 250 Å². The van der Waals surface area contributed by atoms with Gasteiger partial charge in [-0.1, -0.05) is 75.3 Å². The molecule has 3 heterocycles. The highest BCUT2D eigenvalue weighted by atomic mass is 79.9. The summed E-state index contributed by atoms with van der Waals surface area (Å²) in [7, 11) is 0. The molecule has 1 aliphatic heterocycles. The molecule has 3 aromatic carbocycles. The van der Waals surface area contributed by atoms with Gasteiger partial charge in [0.2, 0.25) is 0 Å². The molecule has 2 aromatic heterocycles. The third-order valence-electron chi connectivity index (χ3n) is 7.39. The van der Waals surface area contributed by atoms with Crippen molar-refractivity contribution < 1.29 is 9.34 Å². The Bertz CT molecular complexity index is 2090. The average Bonchev–Trinajstić information content (AvgIpc) is 3.56. The summed E-state index contributed by atoms with van der Waals surface area (Å²) in [4.78, 5) is 30.2. The quantitative estimate of drug-likeness (QED) is 0.157. The second-order valence-electron chi connectivity index (χ2n) is 9.79. The Kier molecular flexibility index (Phi) is 6.37. The molecule has 0 radical (unpaired) electrons. The van der Waals surface area contributed by atoms with E-state index in [4.69, 9.17) is 21.0 Å². The molecule has 0 amide bonds. The van der Waals surface area contributed by atoms with Gasteiger partial charge in [0, 0.05) is 33.8 Å². The van der Waals surface area contributed by atoms with Crippen LogP contribution in [0.1, 0.15) is 34.9 Å². The van der Waals surface area contributed by atoms with Gasteiger partial charge < -0.3 is 4.42 Å². The van der Waals surface area contributed by atoms with Gasteiger partial charge in [0.1, 0.15) is 11.5 Å². The van der Waals surface area contributed by atoms with Crippen LogP contribution in [0.3, 0.4) is 0 Å². The van der Waals surface area contributed by atoms with Gasteiger partial charge in [0.05, 0.1) is 26.2 Å². The SMILES string of the molecule is O=c1/c(=C\c2ccc(-c3ccc([N+](=O)[O-])cc3Cl)o2)sc2n1[C@H](c1ccc(Br)cc1)C1=C(N=2)c2ccccc2CC1. The number of benzene rings is 3. The summed E-state index contributed by atoms with van der Waals surface area (Å²) in [5.74, 6) is 0.915. The van der Waals surface area contributed by atoms with Crippen molar-refractivity contribution in [3.63, 3.8) is 0 Å². The van der Waals surface area contributed by atoms with Crippen molar-refractivity contribution in [1.29, 1.82) is 0 Å². The van der Waals surface area contributed by atoms with E-state index in [1.807, 2.05) is 18.2 Å². The number of thiazole rings is 1. The molecule has 2 aliphatic rings. The van der Waals surface area contributed by atoms with Gasteiger partial charge in [0.15, 0.2) is 4.80 Å². The number of halogens is 2. The molecule has 0 bridgehead atoms. The van der Waals surface area contributed by atoms with Crippen LogP contribution in [0.25, 0.3) is 23.1 Å². The molecule has 7 nitrogen and oxygen atoms in total. The highest BCUT2D eigenvalue weighted by Gasteiger charge is 2.32. The zero-order valence-electron chi connectivity index (χ0n) is 21.2. The molecule has 0 unspecified atom stereocenters. The highest BCUT2D eigenvalue weighted by molar-refractivity contribution is 9.10. The lowest BCUT2D eigenvalue weighted by molar-refractivity contribution is -0.384. The monoisotopic (exact) mass is 643 g/mol. The molecule has 5 aromatic rings. The first-order chi connectivity index (χ1) is 19.9. The smallest absolute Gasteiger partial charge is 0.271 e. The summed E-state index contributed by atoms with van der Waals surface area (Å²) in [6.07, 6.45) is 3.42. The van der Waals surface area contributed by atoms with Crippen LogP contribution in [0, 0.1) is 10.1 Å². The molecule has 10 heteroatoms. The molecule has 1 aliphatic carbocycles. The largest absolute Gasteiger partial charge is 0.457 e. The molecule has 0 spiro atoms. The number of nitro benzene ring substituents is 1. The first-order valence-electron chi connectivity index (χ1n) is 12.8. The van der Waals surface area contributed by atoms with Crippen molar-refractivity contribution in [3.8, 4) is 11.3 Å². The van der Waals surface area contributed by atoms with Crippen LogP contribution in [0.4, 0.5) is 5.69 Å². The van der Waals surface area contributed by atoms with Gasteiger partial charge in [-0.05, 0) is 59.9 Å². The number of furan rings is 1. The highest BCUT2D eigenvalue weighted by Crippen LogP contribution is 2.41. The third kappa shape index (κ3) is 4.50. The maximum absolute atomic E-state index is 13.9. The van der Waals surface area contributed by atoms with E-state index in [0.29, 0.717) is 26.4 Å². The normalized spacial score (nSPS) is 16.1. The van der Waals surface area contributed by atoms with Gasteiger partial charge in [-0.25, -0.2) is 4.99 Å². The van der Waals surface area contributed by atoms with Crippen molar-refractivity contribution in [1.82, 2.24) is 4.57 Å². The Hall–Kier alpha value is -4.05. The lowest BCUT2D eigenvalue weighted by atomic mass is 9.83. The minimum absolute atomic E-state index is 0.0997. The number of hydrogen-bond acceptors (Lipinski definition) is 6. The summed E-state index contributed by atoms with van der Waals surface area (Å²) >= 11 is 11.2. The number of aromatic nitrogens is 1. The molecule has 0 fully saturated rings. The predicted octanol–water partition coefficient (Wildman–Crippen LogP) is 6.90. The van der Waals surface area contributed by atoms with Crippen molar-refractivity contribution in [2.45, 2.75) is 18.9 Å². The minimum Gasteiger partial charge on any atom is -0.457 e. The van der Waals surface area contributed by atoms with Gasteiger partial charge in [0.25, 0.3) is 11.2 Å². The Morgan fingerprint density at radius 3 is 2.63 bits per heavy atom. The molecular formula is C31H19BrClN3O4S. The fraction of sp³-hybridized carbons (Fsp3) is 0.0968. The van der Waals surface area contributed by atoms with Crippen molar-refractivity contribution in [2.75, 3.05) is 0 Å². The predicted molar refractivity (Wildman–Crippen MR) is 163 cm³/mol. The molecule has 0 saturated carbocycles. The number of nitro groups is 1. The lowest BCUT2D eigenvalue weighted by Gasteiger charge is -2.30. The number of nitrogens with zero attached hydrogens (tertiary/aromatic N) is 3. The minimum atomic E-state index is -0.499. The second-order valence-corrected chi connectivity index (χ2v) is 12.1. The van der Waals surface area contributed by atoms with Crippen LogP contribution < -0.4 is 14.9 Å². The van der Waals surface area contributed by atoms with Crippen LogP contribution in [-0.2, 0) is 6.42 Å². The number of non-ortho nitro benzene ring substituents is 1. The molecule has 1 atom stereocenters. The Morgan fingerprint density at radius 1 is 1.05 bits per heavy atom. The maximum atomic E-state index is 13.9. The molecule has 0 N–H and O–H groups in total. The van der Waals surface area contributed by atoms with E-state index in [0.717, 1.165) is 39.7 Å². The van der Waals surface area contributed by atoms with E-state index in [9.17, 15) is 14.9 Å². The topological polar surface area (TPSA) is 90.6 Å². The zero-order valence-corrected chi connectivity index (χ0v) is 24.4. The fourth-order valence-corrected chi connectivity index (χ4v) is 7.00. The fourth-order valence-electron chi connectivity index (χ4n) is 5.49. The summed E-state index contributed by atoms with van der Waals surface area (Å²) in [5, 5.41) is 11.3. The van der Waals surface area contributed by atoms with Crippen molar-refractivity contribution in [2.24, 2.45) is 4.99 Å². The number of hydrogen-bond donors (Lipinski definition) is 0. The van der Waals surface area contributed by atoms with E-state index in [1.165, 1.54) is 29.0 Å². The zero-order chi connectivity index (χ0) is 28.2. The second kappa shape index (κ2) is 10.1. The standard InChI is InChI=1S/C31H19BrClN3O4S/c32-19-8-5-18(6-9-19)29-24-12-7-17-3-1-2-4-22(17)28(24)34-31-35(29)30(37)27(41-31)16-21-11-14-26(40-21)23-13-10-20(36(38)39)15-25(23)33/h1-6,8-11,13-16,29H,7,12H2/b27-16+/t29-/m1/s1. The van der Waals surface area contributed by atoms with Crippen LogP contribution in [0.15, 0.2) is 103 Å². The van der Waals surface area contributed by atoms with E-state index >= 15 is 0 Å². The van der Waals surface area contributed by atoms with Gasteiger partial charge in [-0.15, -0.1) is 0 Å². The van der Waals surface area contributed by atoms with Crippen LogP contribution in [0.2, 0.25) is 5.02 Å². The van der Waals surface area contributed by atoms with Crippen LogP contribution in [-0.4, -0.2) is 9.49 Å². The van der Waals surface area contributed by atoms with Crippen molar-refractivity contribution >= 4 is 56.3 Å². The molecule has 7 rings (SSSR count). The van der Waals surface area contributed by atoms with Gasteiger partial charge in [-0.2, -0.15) is 0 Å². The van der Waals surface area contributed by atoms with E-state index in [-0.39, 0.29) is 22.3 Å². The van der Waals surface area contributed by atoms with Crippen LogP contribution in [0.5, 0.6) is 0 Å². The first kappa shape index (κ1) is 25.9. The van der Waals surface area contributed by atoms with Gasteiger partial charge in [-0.3, -0.25) is 19.5 Å². The summed E-state index contributed by atoms with van der Waals surface area (Å²) in [6.45, 7) is 0. The number of fused-ring (bicyclic) bond motifs is 3. The molecule has 202 valence electrons. The number of aryl methyl sites for hydroxylation is 1. The number of rotatable bonds is 4. The Balaban J connectivity index is 1.36. The molecule has 41 heavy (non-hydrogen) atoms. The molecule has 0 saturated heterocycles.